The van der Waals surface area contributed by atoms with E-state index >= 15 is 0 Å². The van der Waals surface area contributed by atoms with Crippen LogP contribution in [0.5, 0.6) is 0 Å². The van der Waals surface area contributed by atoms with Gasteiger partial charge >= 0.3 is 0 Å². The summed E-state index contributed by atoms with van der Waals surface area (Å²) in [4.78, 5) is 22.0. The monoisotopic (exact) mass is 338 g/mol. The van der Waals surface area contributed by atoms with Gasteiger partial charge in [-0.25, -0.2) is 4.98 Å². The summed E-state index contributed by atoms with van der Waals surface area (Å²) < 4.78 is 5.69. The van der Waals surface area contributed by atoms with Crippen molar-refractivity contribution < 1.29 is 9.53 Å². The fourth-order valence-corrected chi connectivity index (χ4v) is 4.29. The Morgan fingerprint density at radius 1 is 1.40 bits per heavy atom. The molecule has 0 aliphatic carbocycles. The van der Waals surface area contributed by atoms with E-state index in [1.165, 1.54) is 0 Å². The molecular formula is C19H22N4O2. The average Bonchev–Trinajstić information content (AvgIpc) is 3.29. The van der Waals surface area contributed by atoms with E-state index in [9.17, 15) is 10.1 Å². The normalized spacial score (nSPS) is 28.1. The molecule has 25 heavy (non-hydrogen) atoms. The van der Waals surface area contributed by atoms with Crippen LogP contribution in [0.2, 0.25) is 0 Å². The molecule has 0 radical (unpaired) electrons. The molecule has 1 amide bonds. The third kappa shape index (κ3) is 2.59. The van der Waals surface area contributed by atoms with E-state index in [0.717, 1.165) is 12.1 Å². The Labute approximate surface area is 147 Å². The largest absolute Gasteiger partial charge is 0.381 e. The Hall–Kier alpha value is -2.39. The van der Waals surface area contributed by atoms with Gasteiger partial charge in [-0.15, -0.1) is 0 Å². The molecule has 6 heteroatoms. The van der Waals surface area contributed by atoms with E-state index in [4.69, 9.17) is 4.74 Å². The maximum absolute atomic E-state index is 13.3. The molecule has 1 aromatic heterocycles. The number of aromatic nitrogens is 1. The van der Waals surface area contributed by atoms with Crippen molar-refractivity contribution >= 4 is 11.7 Å². The fourth-order valence-electron chi connectivity index (χ4n) is 4.29. The number of hydrogen-bond donors (Lipinski definition) is 0. The van der Waals surface area contributed by atoms with Crippen molar-refractivity contribution in [3.05, 3.63) is 35.5 Å². The van der Waals surface area contributed by atoms with Crippen LogP contribution in [0.3, 0.4) is 0 Å². The molecule has 4 heterocycles. The summed E-state index contributed by atoms with van der Waals surface area (Å²) in [5.74, 6) is 1.06. The molecular weight excluding hydrogens is 316 g/mol. The zero-order chi connectivity index (χ0) is 17.4. The Morgan fingerprint density at radius 2 is 2.20 bits per heavy atom. The zero-order valence-corrected chi connectivity index (χ0v) is 14.4. The quantitative estimate of drug-likeness (QED) is 0.765. The van der Waals surface area contributed by atoms with Gasteiger partial charge in [0.05, 0.1) is 17.6 Å². The predicted molar refractivity (Wildman–Crippen MR) is 93.0 cm³/mol. The fraction of sp³-hybridized carbons (Fsp3) is 0.526. The van der Waals surface area contributed by atoms with Crippen LogP contribution in [-0.2, 0) is 9.53 Å². The molecule has 130 valence electrons. The van der Waals surface area contributed by atoms with Crippen molar-refractivity contribution in [3.63, 3.8) is 0 Å². The van der Waals surface area contributed by atoms with Crippen molar-refractivity contribution in [3.8, 4) is 6.07 Å². The van der Waals surface area contributed by atoms with Gasteiger partial charge in [0.1, 0.15) is 11.9 Å². The third-order valence-corrected chi connectivity index (χ3v) is 5.67. The first-order valence-electron chi connectivity index (χ1n) is 8.79. The van der Waals surface area contributed by atoms with Crippen LogP contribution in [0.25, 0.3) is 0 Å². The second kappa shape index (κ2) is 6.16. The van der Waals surface area contributed by atoms with E-state index in [-0.39, 0.29) is 11.8 Å². The molecule has 2 atom stereocenters. The van der Waals surface area contributed by atoms with Crippen molar-refractivity contribution in [1.29, 1.82) is 5.26 Å². The maximum Gasteiger partial charge on any atom is 0.231 e. The van der Waals surface area contributed by atoms with Crippen molar-refractivity contribution in [2.45, 2.75) is 13.3 Å². The van der Waals surface area contributed by atoms with Gasteiger partial charge in [0.2, 0.25) is 5.91 Å². The van der Waals surface area contributed by atoms with Crippen LogP contribution in [0.15, 0.2) is 24.3 Å². The minimum atomic E-state index is -0.428. The highest BCUT2D eigenvalue weighted by molar-refractivity contribution is 5.85. The first kappa shape index (κ1) is 16.1. The van der Waals surface area contributed by atoms with Gasteiger partial charge in [-0.2, -0.15) is 5.26 Å². The molecule has 3 aliphatic rings. The number of amides is 1. The number of fused-ring (bicyclic) bond motifs is 1. The second-order valence-electron chi connectivity index (χ2n) is 7.18. The molecule has 4 rings (SSSR count). The molecule has 0 bridgehead atoms. The average molecular weight is 338 g/mol. The Balaban J connectivity index is 1.67. The van der Waals surface area contributed by atoms with Crippen LogP contribution in [0.1, 0.15) is 17.7 Å². The Bertz CT molecular complexity index is 761. The SMILES string of the molecule is Cc1ccc(C#N)c(N2CC3COCCC3(C(=O)N3CC=CC3)C2)n1. The Kier molecular flexibility index (Phi) is 3.97. The summed E-state index contributed by atoms with van der Waals surface area (Å²) in [5.41, 5.74) is 1.02. The molecule has 0 aromatic carbocycles. The lowest BCUT2D eigenvalue weighted by atomic mass is 9.73. The van der Waals surface area contributed by atoms with Crippen LogP contribution in [-0.4, -0.2) is 55.2 Å². The van der Waals surface area contributed by atoms with E-state index < -0.39 is 5.41 Å². The van der Waals surface area contributed by atoms with E-state index in [0.29, 0.717) is 50.8 Å². The summed E-state index contributed by atoms with van der Waals surface area (Å²) in [7, 11) is 0. The minimum absolute atomic E-state index is 0.142. The Morgan fingerprint density at radius 3 is 2.96 bits per heavy atom. The predicted octanol–water partition coefficient (Wildman–Crippen LogP) is 1.50. The third-order valence-electron chi connectivity index (χ3n) is 5.67. The summed E-state index contributed by atoms with van der Waals surface area (Å²) in [6.07, 6.45) is 4.83. The molecule has 6 nitrogen and oxygen atoms in total. The van der Waals surface area contributed by atoms with Gasteiger partial charge in [0.15, 0.2) is 0 Å². The topological polar surface area (TPSA) is 69.5 Å². The number of aryl methyl sites for hydroxylation is 1. The molecule has 3 aliphatic heterocycles. The van der Waals surface area contributed by atoms with Crippen molar-refractivity contribution in [2.75, 3.05) is 44.3 Å². The second-order valence-corrected chi connectivity index (χ2v) is 7.18. The number of hydrogen-bond acceptors (Lipinski definition) is 5. The standard InChI is InChI=1S/C19H22N4O2/c1-14-4-5-15(10-20)17(21-14)23-11-16-12-25-9-6-19(16,13-23)18(24)22-7-2-3-8-22/h2-5,16H,6-9,11-13H2,1H3. The molecule has 2 unspecified atom stereocenters. The number of ether oxygens (including phenoxy) is 1. The van der Waals surface area contributed by atoms with Gasteiger partial charge in [0.25, 0.3) is 0 Å². The number of rotatable bonds is 2. The number of anilines is 1. The lowest BCUT2D eigenvalue weighted by Crippen LogP contribution is -2.51. The van der Waals surface area contributed by atoms with Gasteiger partial charge in [-0.05, 0) is 25.5 Å². The first-order chi connectivity index (χ1) is 12.1. The molecule has 0 spiro atoms. The van der Waals surface area contributed by atoms with Crippen LogP contribution >= 0.6 is 0 Å². The molecule has 0 saturated carbocycles. The van der Waals surface area contributed by atoms with Crippen LogP contribution in [0.4, 0.5) is 5.82 Å². The zero-order valence-electron chi connectivity index (χ0n) is 14.4. The van der Waals surface area contributed by atoms with E-state index in [1.807, 2.05) is 36.1 Å². The summed E-state index contributed by atoms with van der Waals surface area (Å²) >= 11 is 0. The summed E-state index contributed by atoms with van der Waals surface area (Å²) in [5, 5.41) is 9.45. The summed E-state index contributed by atoms with van der Waals surface area (Å²) in [6.45, 7) is 5.84. The minimum Gasteiger partial charge on any atom is -0.381 e. The molecule has 0 N–H and O–H groups in total. The van der Waals surface area contributed by atoms with Crippen LogP contribution < -0.4 is 4.90 Å². The first-order valence-corrected chi connectivity index (χ1v) is 8.79. The lowest BCUT2D eigenvalue weighted by molar-refractivity contribution is -0.148. The van der Waals surface area contributed by atoms with Crippen LogP contribution in [0, 0.1) is 29.6 Å². The van der Waals surface area contributed by atoms with Gasteiger partial charge in [-0.1, -0.05) is 12.2 Å². The van der Waals surface area contributed by atoms with E-state index in [1.54, 1.807) is 0 Å². The highest BCUT2D eigenvalue weighted by Gasteiger charge is 2.55. The van der Waals surface area contributed by atoms with Gasteiger partial charge in [0, 0.05) is 44.4 Å². The number of nitrogens with zero attached hydrogens (tertiary/aromatic N) is 4. The molecule has 2 fully saturated rings. The summed E-state index contributed by atoms with van der Waals surface area (Å²) in [6, 6.07) is 5.90. The maximum atomic E-state index is 13.3. The van der Waals surface area contributed by atoms with Crippen molar-refractivity contribution in [1.82, 2.24) is 9.88 Å². The number of nitriles is 1. The number of carbonyl (C=O) groups excluding carboxylic acids is 1. The van der Waals surface area contributed by atoms with E-state index in [2.05, 4.69) is 16.0 Å². The lowest BCUT2D eigenvalue weighted by Gasteiger charge is -2.39. The molecule has 2 saturated heterocycles. The number of pyridine rings is 1. The molecule has 1 aromatic rings. The smallest absolute Gasteiger partial charge is 0.231 e. The highest BCUT2D eigenvalue weighted by atomic mass is 16.5. The van der Waals surface area contributed by atoms with Gasteiger partial charge in [-0.3, -0.25) is 4.79 Å². The van der Waals surface area contributed by atoms with Gasteiger partial charge < -0.3 is 14.5 Å². The highest BCUT2D eigenvalue weighted by Crippen LogP contribution is 2.45. The van der Waals surface area contributed by atoms with Crippen molar-refractivity contribution in [2.24, 2.45) is 11.3 Å². The number of carbonyl (C=O) groups is 1.